The molecule has 0 aliphatic heterocycles. The van der Waals surface area contributed by atoms with Gasteiger partial charge in [-0.1, -0.05) is 0 Å². The van der Waals surface area contributed by atoms with E-state index >= 15 is 0 Å². The zero-order valence-corrected chi connectivity index (χ0v) is 12.5. The minimum absolute atomic E-state index is 0.0261. The highest BCUT2D eigenvalue weighted by atomic mass is 32.2. The Morgan fingerprint density at radius 3 is 2.55 bits per heavy atom. The van der Waals surface area contributed by atoms with E-state index in [1.807, 2.05) is 0 Å². The summed E-state index contributed by atoms with van der Waals surface area (Å²) in [6.45, 7) is 2.82. The molecule has 0 bridgehead atoms. The summed E-state index contributed by atoms with van der Waals surface area (Å²) in [7, 11) is -3.29. The number of anilines is 1. The number of aromatic nitrogens is 1. The summed E-state index contributed by atoms with van der Waals surface area (Å²) >= 11 is 0. The van der Waals surface area contributed by atoms with Crippen molar-refractivity contribution < 1.29 is 13.2 Å². The zero-order chi connectivity index (χ0) is 15.6. The molecule has 0 aliphatic carbocycles. The number of hydrogen-bond donors (Lipinski definition) is 2. The first-order valence-electron chi connectivity index (χ1n) is 5.95. The number of carbonyl (C=O) groups excluding carboxylic acids is 1. The fourth-order valence-electron chi connectivity index (χ4n) is 1.33. The van der Waals surface area contributed by atoms with E-state index in [0.717, 1.165) is 10.8 Å². The first kappa shape index (κ1) is 16.2. The summed E-state index contributed by atoms with van der Waals surface area (Å²) in [5.74, 6) is -0.450. The van der Waals surface area contributed by atoms with Crippen LogP contribution in [0.3, 0.4) is 0 Å². The van der Waals surface area contributed by atoms with Crippen LogP contribution in [0.25, 0.3) is 0 Å². The summed E-state index contributed by atoms with van der Waals surface area (Å²) in [4.78, 5) is 23.2. The molecule has 0 aliphatic rings. The van der Waals surface area contributed by atoms with Crippen LogP contribution in [0.15, 0.2) is 23.1 Å². The lowest BCUT2D eigenvalue weighted by molar-refractivity contribution is -0.121. The van der Waals surface area contributed by atoms with Crippen LogP contribution in [0.5, 0.6) is 0 Å². The topological polar surface area (TPSA) is 111 Å². The number of pyridine rings is 1. The van der Waals surface area contributed by atoms with Crippen molar-refractivity contribution in [1.29, 1.82) is 0 Å². The average Bonchev–Trinajstić information content (AvgIpc) is 2.30. The van der Waals surface area contributed by atoms with Crippen LogP contribution >= 0.6 is 0 Å². The molecule has 1 amide bonds. The second-order valence-corrected chi connectivity index (χ2v) is 7.89. The lowest BCUT2D eigenvalue weighted by Gasteiger charge is -2.22. The highest BCUT2D eigenvalue weighted by Gasteiger charge is 2.30. The van der Waals surface area contributed by atoms with Crippen LogP contribution in [0.2, 0.25) is 0 Å². The van der Waals surface area contributed by atoms with Gasteiger partial charge in [-0.3, -0.25) is 9.59 Å². The molecule has 0 saturated carbocycles. The van der Waals surface area contributed by atoms with Gasteiger partial charge in [0.25, 0.3) is 5.56 Å². The standard InChI is InChI=1S/C12H19N3O4S/c1-12(2,20(3,18)19)8-14-10(16)7-15-6-9(13)4-5-11(15)17/h4-6H,7-8,13H2,1-3H3,(H,14,16). The second-order valence-electron chi connectivity index (χ2n) is 5.24. The maximum absolute atomic E-state index is 11.7. The molecule has 0 spiro atoms. The molecule has 8 heteroatoms. The Morgan fingerprint density at radius 2 is 2.00 bits per heavy atom. The normalized spacial score (nSPS) is 12.2. The number of nitrogens with zero attached hydrogens (tertiary/aromatic N) is 1. The molecule has 1 aromatic heterocycles. The lowest BCUT2D eigenvalue weighted by atomic mass is 10.2. The van der Waals surface area contributed by atoms with Crippen molar-refractivity contribution in [1.82, 2.24) is 9.88 Å². The average molecular weight is 301 g/mol. The maximum atomic E-state index is 11.7. The number of nitrogens with one attached hydrogen (secondary N) is 1. The number of rotatable bonds is 5. The van der Waals surface area contributed by atoms with Crippen molar-refractivity contribution in [2.45, 2.75) is 25.1 Å². The largest absolute Gasteiger partial charge is 0.398 e. The van der Waals surface area contributed by atoms with E-state index in [1.54, 1.807) is 0 Å². The molecule has 0 aromatic carbocycles. The molecule has 0 saturated heterocycles. The van der Waals surface area contributed by atoms with Crippen molar-refractivity contribution in [3.63, 3.8) is 0 Å². The number of carbonyl (C=O) groups is 1. The van der Waals surface area contributed by atoms with E-state index in [-0.39, 0.29) is 18.6 Å². The molecule has 0 atom stereocenters. The molecule has 1 aromatic rings. The van der Waals surface area contributed by atoms with Gasteiger partial charge in [-0.15, -0.1) is 0 Å². The van der Waals surface area contributed by atoms with Gasteiger partial charge in [0.2, 0.25) is 5.91 Å². The van der Waals surface area contributed by atoms with Gasteiger partial charge in [-0.05, 0) is 19.9 Å². The third-order valence-electron chi connectivity index (χ3n) is 3.04. The molecule has 0 radical (unpaired) electrons. The van der Waals surface area contributed by atoms with Gasteiger partial charge >= 0.3 is 0 Å². The summed E-state index contributed by atoms with van der Waals surface area (Å²) in [5, 5.41) is 2.51. The van der Waals surface area contributed by atoms with Crippen molar-refractivity contribution in [2.24, 2.45) is 0 Å². The number of hydrogen-bond acceptors (Lipinski definition) is 5. The summed E-state index contributed by atoms with van der Waals surface area (Å²) in [6.07, 6.45) is 2.48. The third kappa shape index (κ3) is 4.09. The van der Waals surface area contributed by atoms with Crippen LogP contribution in [0.1, 0.15) is 13.8 Å². The Hall–Kier alpha value is -1.83. The smallest absolute Gasteiger partial charge is 0.251 e. The van der Waals surface area contributed by atoms with Crippen LogP contribution in [0, 0.1) is 0 Å². The third-order valence-corrected chi connectivity index (χ3v) is 5.19. The molecule has 112 valence electrons. The molecule has 3 N–H and O–H groups in total. The lowest BCUT2D eigenvalue weighted by Crippen LogP contribution is -2.45. The first-order chi connectivity index (χ1) is 9.03. The first-order valence-corrected chi connectivity index (χ1v) is 7.84. The molecule has 0 unspecified atom stereocenters. The van der Waals surface area contributed by atoms with Gasteiger partial charge in [0.1, 0.15) is 6.54 Å². The molecular weight excluding hydrogens is 282 g/mol. The summed E-state index contributed by atoms with van der Waals surface area (Å²) in [6, 6.07) is 2.71. The van der Waals surface area contributed by atoms with Crippen LogP contribution < -0.4 is 16.6 Å². The number of nitrogen functional groups attached to an aromatic ring is 1. The van der Waals surface area contributed by atoms with E-state index < -0.39 is 20.5 Å². The monoisotopic (exact) mass is 301 g/mol. The van der Waals surface area contributed by atoms with Gasteiger partial charge in [0, 0.05) is 30.8 Å². The minimum Gasteiger partial charge on any atom is -0.398 e. The Balaban J connectivity index is 2.70. The van der Waals surface area contributed by atoms with E-state index in [1.165, 1.54) is 32.2 Å². The predicted octanol–water partition coefficient (Wildman–Crippen LogP) is -0.630. The number of nitrogens with two attached hydrogens (primary N) is 1. The van der Waals surface area contributed by atoms with Crippen molar-refractivity contribution in [3.05, 3.63) is 28.7 Å². The van der Waals surface area contributed by atoms with Gasteiger partial charge < -0.3 is 15.6 Å². The van der Waals surface area contributed by atoms with Crippen LogP contribution in [-0.2, 0) is 21.2 Å². The highest BCUT2D eigenvalue weighted by Crippen LogP contribution is 2.13. The minimum atomic E-state index is -3.29. The maximum Gasteiger partial charge on any atom is 0.251 e. The molecular formula is C12H19N3O4S. The Bertz CT molecular complexity index is 662. The summed E-state index contributed by atoms with van der Waals surface area (Å²) < 4.78 is 23.1. The number of sulfone groups is 1. The highest BCUT2D eigenvalue weighted by molar-refractivity contribution is 7.92. The molecule has 20 heavy (non-hydrogen) atoms. The second kappa shape index (κ2) is 5.66. The molecule has 0 fully saturated rings. The fourth-order valence-corrected chi connectivity index (χ4v) is 1.66. The van der Waals surface area contributed by atoms with Crippen molar-refractivity contribution in [2.75, 3.05) is 18.5 Å². The fraction of sp³-hybridized carbons (Fsp3) is 0.500. The van der Waals surface area contributed by atoms with E-state index in [4.69, 9.17) is 5.73 Å². The van der Waals surface area contributed by atoms with Crippen molar-refractivity contribution >= 4 is 21.4 Å². The Labute approximate surface area is 117 Å². The van der Waals surface area contributed by atoms with Gasteiger partial charge in [0.15, 0.2) is 9.84 Å². The molecule has 7 nitrogen and oxygen atoms in total. The number of amides is 1. The van der Waals surface area contributed by atoms with Gasteiger partial charge in [-0.2, -0.15) is 0 Å². The summed E-state index contributed by atoms with van der Waals surface area (Å²) in [5.41, 5.74) is 5.55. The van der Waals surface area contributed by atoms with Crippen molar-refractivity contribution in [3.8, 4) is 0 Å². The quantitative estimate of drug-likeness (QED) is 0.752. The predicted molar refractivity (Wildman–Crippen MR) is 77.0 cm³/mol. The van der Waals surface area contributed by atoms with E-state index in [2.05, 4.69) is 5.32 Å². The Kier molecular flexibility index (Phi) is 4.59. The van der Waals surface area contributed by atoms with E-state index in [9.17, 15) is 18.0 Å². The zero-order valence-electron chi connectivity index (χ0n) is 11.7. The van der Waals surface area contributed by atoms with Crippen LogP contribution in [-0.4, -0.2) is 36.4 Å². The molecule has 1 heterocycles. The van der Waals surface area contributed by atoms with E-state index in [0.29, 0.717) is 5.69 Å². The molecule has 1 rings (SSSR count). The van der Waals surface area contributed by atoms with Crippen LogP contribution in [0.4, 0.5) is 5.69 Å². The SMILES string of the molecule is CC(C)(CNC(=O)Cn1cc(N)ccc1=O)S(C)(=O)=O. The van der Waals surface area contributed by atoms with Gasteiger partial charge in [-0.25, -0.2) is 8.42 Å². The van der Waals surface area contributed by atoms with Gasteiger partial charge in [0.05, 0.1) is 4.75 Å². The Morgan fingerprint density at radius 1 is 1.40 bits per heavy atom.